The fraction of sp³-hybridized carbons (Fsp3) is 0.316. The molecule has 0 bridgehead atoms. The Morgan fingerprint density at radius 3 is 2.44 bits per heavy atom. The molecule has 0 atom stereocenters. The first-order chi connectivity index (χ1) is 13.0. The largest absolute Gasteiger partial charge is 0.440 e. The van der Waals surface area contributed by atoms with E-state index in [1.54, 1.807) is 12.1 Å². The second-order valence-electron chi connectivity index (χ2n) is 6.61. The molecule has 2 aromatic heterocycles. The topological polar surface area (TPSA) is 79.8 Å². The summed E-state index contributed by atoms with van der Waals surface area (Å²) < 4.78 is 37.8. The Bertz CT molecular complexity index is 1030. The molecule has 1 aliphatic heterocycles. The highest BCUT2D eigenvalue weighted by Crippen LogP contribution is 2.28. The second kappa shape index (κ2) is 6.86. The monoisotopic (exact) mass is 387 g/mol. The van der Waals surface area contributed by atoms with Crippen LogP contribution in [-0.2, 0) is 10.0 Å². The summed E-state index contributed by atoms with van der Waals surface area (Å²) in [7, 11) is -3.68. The SMILES string of the molecule is Cc1cccc(N2CCN(S(=O)(=O)c3ccc(-c4ccno4)o3)CC2)c1C. The van der Waals surface area contributed by atoms with Crippen LogP contribution in [0.4, 0.5) is 5.69 Å². The first-order valence-corrected chi connectivity index (χ1v) is 10.2. The van der Waals surface area contributed by atoms with Gasteiger partial charge in [0, 0.05) is 37.9 Å². The molecule has 1 aliphatic rings. The van der Waals surface area contributed by atoms with Crippen LogP contribution in [0.3, 0.4) is 0 Å². The van der Waals surface area contributed by atoms with E-state index in [1.807, 2.05) is 6.07 Å². The van der Waals surface area contributed by atoms with Crippen molar-refractivity contribution in [2.75, 3.05) is 31.1 Å². The third-order valence-corrected chi connectivity index (χ3v) is 6.78. The average molecular weight is 387 g/mol. The van der Waals surface area contributed by atoms with Gasteiger partial charge < -0.3 is 13.8 Å². The Labute approximate surface area is 158 Å². The van der Waals surface area contributed by atoms with Crippen LogP contribution in [-0.4, -0.2) is 44.1 Å². The summed E-state index contributed by atoms with van der Waals surface area (Å²) >= 11 is 0. The Morgan fingerprint density at radius 1 is 0.963 bits per heavy atom. The maximum Gasteiger partial charge on any atom is 0.276 e. The first kappa shape index (κ1) is 17.8. The van der Waals surface area contributed by atoms with Gasteiger partial charge in [0.15, 0.2) is 5.76 Å². The molecule has 0 aliphatic carbocycles. The van der Waals surface area contributed by atoms with Gasteiger partial charge >= 0.3 is 0 Å². The van der Waals surface area contributed by atoms with Crippen molar-refractivity contribution < 1.29 is 17.4 Å². The number of benzene rings is 1. The van der Waals surface area contributed by atoms with Gasteiger partial charge in [0.05, 0.1) is 6.20 Å². The lowest BCUT2D eigenvalue weighted by molar-refractivity contribution is 0.359. The maximum absolute atomic E-state index is 12.9. The molecular formula is C19H21N3O4S. The van der Waals surface area contributed by atoms with Gasteiger partial charge in [0.25, 0.3) is 10.0 Å². The van der Waals surface area contributed by atoms with Gasteiger partial charge in [-0.2, -0.15) is 4.31 Å². The smallest absolute Gasteiger partial charge is 0.276 e. The minimum atomic E-state index is -3.68. The molecule has 0 saturated carbocycles. The summed E-state index contributed by atoms with van der Waals surface area (Å²) in [6.07, 6.45) is 1.48. The molecule has 27 heavy (non-hydrogen) atoms. The van der Waals surface area contributed by atoms with Crippen molar-refractivity contribution in [3.8, 4) is 11.5 Å². The van der Waals surface area contributed by atoms with E-state index in [4.69, 9.17) is 8.94 Å². The van der Waals surface area contributed by atoms with E-state index in [9.17, 15) is 8.42 Å². The van der Waals surface area contributed by atoms with Crippen LogP contribution in [0.2, 0.25) is 0 Å². The number of anilines is 1. The van der Waals surface area contributed by atoms with Crippen molar-refractivity contribution in [2.45, 2.75) is 18.9 Å². The minimum absolute atomic E-state index is 0.0749. The highest BCUT2D eigenvalue weighted by Gasteiger charge is 2.31. The fourth-order valence-corrected chi connectivity index (χ4v) is 4.64. The third kappa shape index (κ3) is 3.26. The van der Waals surface area contributed by atoms with Gasteiger partial charge in [-0.05, 0) is 43.2 Å². The van der Waals surface area contributed by atoms with Gasteiger partial charge in [-0.15, -0.1) is 0 Å². The van der Waals surface area contributed by atoms with Crippen molar-refractivity contribution in [2.24, 2.45) is 0 Å². The minimum Gasteiger partial charge on any atom is -0.440 e. The van der Waals surface area contributed by atoms with E-state index in [1.165, 1.54) is 27.7 Å². The number of piperazine rings is 1. The third-order valence-electron chi connectivity index (χ3n) is 5.01. The van der Waals surface area contributed by atoms with Crippen molar-refractivity contribution in [3.05, 3.63) is 53.7 Å². The van der Waals surface area contributed by atoms with E-state index in [2.05, 4.69) is 36.0 Å². The molecule has 0 amide bonds. The second-order valence-corrected chi connectivity index (χ2v) is 8.47. The zero-order valence-electron chi connectivity index (χ0n) is 15.3. The lowest BCUT2D eigenvalue weighted by Gasteiger charge is -2.35. The van der Waals surface area contributed by atoms with E-state index in [0.717, 1.165) is 5.69 Å². The lowest BCUT2D eigenvalue weighted by Crippen LogP contribution is -2.48. The summed E-state index contributed by atoms with van der Waals surface area (Å²) in [5, 5.41) is 3.53. The van der Waals surface area contributed by atoms with Crippen molar-refractivity contribution in [1.82, 2.24) is 9.46 Å². The number of rotatable bonds is 4. The van der Waals surface area contributed by atoms with E-state index < -0.39 is 10.0 Å². The van der Waals surface area contributed by atoms with Crippen LogP contribution in [0.5, 0.6) is 0 Å². The number of hydrogen-bond acceptors (Lipinski definition) is 6. The number of furan rings is 1. The number of nitrogens with zero attached hydrogens (tertiary/aromatic N) is 3. The molecule has 1 saturated heterocycles. The summed E-state index contributed by atoms with van der Waals surface area (Å²) in [5.74, 6) is 0.747. The van der Waals surface area contributed by atoms with Crippen molar-refractivity contribution in [1.29, 1.82) is 0 Å². The fourth-order valence-electron chi connectivity index (χ4n) is 3.31. The molecular weight excluding hydrogens is 366 g/mol. The Hall–Kier alpha value is -2.58. The molecule has 7 nitrogen and oxygen atoms in total. The van der Waals surface area contributed by atoms with Gasteiger partial charge in [0.2, 0.25) is 10.9 Å². The Morgan fingerprint density at radius 2 is 1.74 bits per heavy atom. The molecule has 0 radical (unpaired) electrons. The summed E-state index contributed by atoms with van der Waals surface area (Å²) in [4.78, 5) is 2.23. The van der Waals surface area contributed by atoms with Gasteiger partial charge in [-0.25, -0.2) is 8.42 Å². The number of hydrogen-bond donors (Lipinski definition) is 0. The molecule has 4 rings (SSSR count). The summed E-state index contributed by atoms with van der Waals surface area (Å²) in [6, 6.07) is 10.9. The van der Waals surface area contributed by atoms with Crippen LogP contribution in [0, 0.1) is 13.8 Å². The predicted octanol–water partition coefficient (Wildman–Crippen LogP) is 3.06. The molecule has 0 unspecified atom stereocenters. The highest BCUT2D eigenvalue weighted by atomic mass is 32.2. The molecule has 1 aromatic carbocycles. The molecule has 8 heteroatoms. The highest BCUT2D eigenvalue weighted by molar-refractivity contribution is 7.89. The Kier molecular flexibility index (Phi) is 4.53. The zero-order chi connectivity index (χ0) is 19.0. The van der Waals surface area contributed by atoms with Crippen LogP contribution in [0.25, 0.3) is 11.5 Å². The number of aryl methyl sites for hydroxylation is 1. The molecule has 1 fully saturated rings. The van der Waals surface area contributed by atoms with Gasteiger partial charge in [-0.1, -0.05) is 17.3 Å². The van der Waals surface area contributed by atoms with Crippen LogP contribution in [0.1, 0.15) is 11.1 Å². The van der Waals surface area contributed by atoms with Crippen LogP contribution >= 0.6 is 0 Å². The molecule has 3 heterocycles. The first-order valence-electron chi connectivity index (χ1n) is 8.79. The lowest BCUT2D eigenvalue weighted by atomic mass is 10.1. The molecule has 142 valence electrons. The van der Waals surface area contributed by atoms with Crippen LogP contribution in [0.15, 0.2) is 56.6 Å². The summed E-state index contributed by atoms with van der Waals surface area (Å²) in [6.45, 7) is 6.28. The molecule has 3 aromatic rings. The Balaban J connectivity index is 1.49. The normalized spacial score (nSPS) is 16.0. The maximum atomic E-state index is 12.9. The number of sulfonamides is 1. The van der Waals surface area contributed by atoms with Gasteiger partial charge in [0.1, 0.15) is 0 Å². The predicted molar refractivity (Wildman–Crippen MR) is 101 cm³/mol. The van der Waals surface area contributed by atoms with E-state index in [-0.39, 0.29) is 5.09 Å². The van der Waals surface area contributed by atoms with Crippen LogP contribution < -0.4 is 4.90 Å². The van der Waals surface area contributed by atoms with Gasteiger partial charge in [-0.3, -0.25) is 0 Å². The molecule has 0 N–H and O–H groups in total. The molecule has 0 spiro atoms. The standard InChI is InChI=1S/C19H21N3O4S/c1-14-4-3-5-16(15(14)2)21-10-12-22(13-11-21)27(23,24)19-7-6-17(25-19)18-8-9-20-26-18/h3-9H,10-13H2,1-2H3. The average Bonchev–Trinajstić information content (AvgIpc) is 3.36. The number of aromatic nitrogens is 1. The van der Waals surface area contributed by atoms with E-state index >= 15 is 0 Å². The quantitative estimate of drug-likeness (QED) is 0.684. The van der Waals surface area contributed by atoms with Crippen molar-refractivity contribution in [3.63, 3.8) is 0 Å². The van der Waals surface area contributed by atoms with Crippen molar-refractivity contribution >= 4 is 15.7 Å². The zero-order valence-corrected chi connectivity index (χ0v) is 16.1. The summed E-state index contributed by atoms with van der Waals surface area (Å²) in [5.41, 5.74) is 3.63. The van der Waals surface area contributed by atoms with E-state index in [0.29, 0.717) is 37.7 Å².